The second-order valence-corrected chi connectivity index (χ2v) is 5.49. The predicted octanol–water partition coefficient (Wildman–Crippen LogP) is 3.75. The number of aryl methyl sites for hydroxylation is 1. The quantitative estimate of drug-likeness (QED) is 0.686. The van der Waals surface area contributed by atoms with E-state index in [0.29, 0.717) is 11.3 Å². The molecule has 20 heavy (non-hydrogen) atoms. The van der Waals surface area contributed by atoms with Gasteiger partial charge in [0.15, 0.2) is 0 Å². The van der Waals surface area contributed by atoms with Crippen molar-refractivity contribution in [2.45, 2.75) is 17.6 Å². The summed E-state index contributed by atoms with van der Waals surface area (Å²) in [5.41, 5.74) is 9.57. The van der Waals surface area contributed by atoms with E-state index in [2.05, 4.69) is 12.1 Å². The van der Waals surface area contributed by atoms with Crippen molar-refractivity contribution in [1.29, 1.82) is 5.26 Å². The van der Waals surface area contributed by atoms with Gasteiger partial charge in [0, 0.05) is 16.3 Å². The Balaban J connectivity index is 2.15. The van der Waals surface area contributed by atoms with Gasteiger partial charge in [0.25, 0.3) is 0 Å². The minimum absolute atomic E-state index is 0.558. The van der Waals surface area contributed by atoms with Crippen LogP contribution in [0, 0.1) is 18.3 Å². The summed E-state index contributed by atoms with van der Waals surface area (Å²) in [6.45, 7) is 2.05. The molecule has 0 saturated carbocycles. The first-order valence-electron chi connectivity index (χ1n) is 6.20. The number of hydrogen-bond acceptors (Lipinski definition) is 4. The summed E-state index contributed by atoms with van der Waals surface area (Å²) in [6.07, 6.45) is 0. The SMILES string of the molecule is COc1ccc(CSc2cc(C)ccc2N)cc1C#N. The van der Waals surface area contributed by atoms with Crippen molar-refractivity contribution in [2.24, 2.45) is 0 Å². The molecule has 0 unspecified atom stereocenters. The molecule has 0 heterocycles. The highest BCUT2D eigenvalue weighted by molar-refractivity contribution is 7.98. The molecule has 4 heteroatoms. The van der Waals surface area contributed by atoms with Crippen LogP contribution in [0.2, 0.25) is 0 Å². The van der Waals surface area contributed by atoms with Crippen molar-refractivity contribution >= 4 is 17.4 Å². The molecule has 0 aliphatic heterocycles. The smallest absolute Gasteiger partial charge is 0.136 e. The minimum atomic E-state index is 0.558. The van der Waals surface area contributed by atoms with E-state index in [1.165, 1.54) is 5.56 Å². The summed E-state index contributed by atoms with van der Waals surface area (Å²) in [7, 11) is 1.57. The van der Waals surface area contributed by atoms with Gasteiger partial charge in [-0.05, 0) is 42.3 Å². The van der Waals surface area contributed by atoms with E-state index in [4.69, 9.17) is 15.7 Å². The third-order valence-electron chi connectivity index (χ3n) is 2.95. The van der Waals surface area contributed by atoms with Crippen LogP contribution < -0.4 is 10.5 Å². The zero-order valence-corrected chi connectivity index (χ0v) is 12.3. The van der Waals surface area contributed by atoms with Gasteiger partial charge in [0.05, 0.1) is 12.7 Å². The molecule has 0 amide bonds. The van der Waals surface area contributed by atoms with E-state index < -0.39 is 0 Å². The van der Waals surface area contributed by atoms with Crippen molar-refractivity contribution < 1.29 is 4.74 Å². The molecule has 102 valence electrons. The molecule has 0 bridgehead atoms. The Morgan fingerprint density at radius 1 is 1.25 bits per heavy atom. The Bertz CT molecular complexity index is 662. The van der Waals surface area contributed by atoms with E-state index >= 15 is 0 Å². The van der Waals surface area contributed by atoms with Crippen LogP contribution >= 0.6 is 11.8 Å². The normalized spacial score (nSPS) is 10.1. The van der Waals surface area contributed by atoms with Crippen molar-refractivity contribution in [3.05, 3.63) is 53.1 Å². The van der Waals surface area contributed by atoms with Crippen molar-refractivity contribution in [3.8, 4) is 11.8 Å². The van der Waals surface area contributed by atoms with Gasteiger partial charge in [-0.2, -0.15) is 5.26 Å². The predicted molar refractivity (Wildman–Crippen MR) is 82.9 cm³/mol. The molecule has 0 atom stereocenters. The van der Waals surface area contributed by atoms with Gasteiger partial charge >= 0.3 is 0 Å². The Morgan fingerprint density at radius 3 is 2.75 bits per heavy atom. The molecule has 2 aromatic rings. The number of anilines is 1. The van der Waals surface area contributed by atoms with Crippen molar-refractivity contribution in [2.75, 3.05) is 12.8 Å². The van der Waals surface area contributed by atoms with Gasteiger partial charge in [-0.3, -0.25) is 0 Å². The zero-order chi connectivity index (χ0) is 14.5. The molecule has 2 rings (SSSR count). The maximum Gasteiger partial charge on any atom is 0.136 e. The highest BCUT2D eigenvalue weighted by Gasteiger charge is 2.05. The van der Waals surface area contributed by atoms with Crippen LogP contribution in [-0.4, -0.2) is 7.11 Å². The van der Waals surface area contributed by atoms with Crippen LogP contribution in [0.15, 0.2) is 41.3 Å². The molecule has 0 aromatic heterocycles. The molecule has 0 aliphatic rings. The molecule has 2 aromatic carbocycles. The van der Waals surface area contributed by atoms with Gasteiger partial charge in [0.2, 0.25) is 0 Å². The molecular formula is C16H16N2OS. The lowest BCUT2D eigenvalue weighted by Gasteiger charge is -2.08. The summed E-state index contributed by atoms with van der Waals surface area (Å²) in [5.74, 6) is 1.38. The summed E-state index contributed by atoms with van der Waals surface area (Å²) in [5, 5.41) is 9.08. The number of nitrogen functional groups attached to an aromatic ring is 1. The molecular weight excluding hydrogens is 268 g/mol. The number of methoxy groups -OCH3 is 1. The minimum Gasteiger partial charge on any atom is -0.495 e. The molecule has 0 aliphatic carbocycles. The first kappa shape index (κ1) is 14.3. The molecule has 0 spiro atoms. The van der Waals surface area contributed by atoms with Crippen LogP contribution in [0.3, 0.4) is 0 Å². The van der Waals surface area contributed by atoms with Gasteiger partial charge in [-0.15, -0.1) is 11.8 Å². The largest absolute Gasteiger partial charge is 0.495 e. The Kier molecular flexibility index (Phi) is 4.54. The van der Waals surface area contributed by atoms with Crippen LogP contribution in [0.4, 0.5) is 5.69 Å². The standard InChI is InChI=1S/C16H16N2OS/c1-11-3-5-14(18)16(7-11)20-10-12-4-6-15(19-2)13(8-12)9-17/h3-8H,10,18H2,1-2H3. The summed E-state index contributed by atoms with van der Waals surface area (Å²) >= 11 is 1.67. The molecule has 0 fully saturated rings. The number of ether oxygens (including phenoxy) is 1. The number of benzene rings is 2. The van der Waals surface area contributed by atoms with Gasteiger partial charge in [-0.25, -0.2) is 0 Å². The van der Waals surface area contributed by atoms with Crippen LogP contribution in [0.1, 0.15) is 16.7 Å². The number of nitriles is 1. The lowest BCUT2D eigenvalue weighted by atomic mass is 10.1. The van der Waals surface area contributed by atoms with Gasteiger partial charge < -0.3 is 10.5 Å². The average molecular weight is 284 g/mol. The van der Waals surface area contributed by atoms with E-state index in [-0.39, 0.29) is 0 Å². The van der Waals surface area contributed by atoms with E-state index in [1.807, 2.05) is 37.3 Å². The lowest BCUT2D eigenvalue weighted by Crippen LogP contribution is -1.92. The second-order valence-electron chi connectivity index (χ2n) is 4.48. The van der Waals surface area contributed by atoms with E-state index in [9.17, 15) is 0 Å². The number of thioether (sulfide) groups is 1. The van der Waals surface area contributed by atoms with Crippen molar-refractivity contribution in [1.82, 2.24) is 0 Å². The molecule has 0 radical (unpaired) electrons. The fourth-order valence-corrected chi connectivity index (χ4v) is 2.87. The Morgan fingerprint density at radius 2 is 2.05 bits per heavy atom. The van der Waals surface area contributed by atoms with Crippen LogP contribution in [-0.2, 0) is 5.75 Å². The highest BCUT2D eigenvalue weighted by atomic mass is 32.2. The monoisotopic (exact) mass is 284 g/mol. The highest BCUT2D eigenvalue weighted by Crippen LogP contribution is 2.30. The fraction of sp³-hybridized carbons (Fsp3) is 0.188. The summed E-state index contributed by atoms with van der Waals surface area (Å²) < 4.78 is 5.14. The number of hydrogen-bond donors (Lipinski definition) is 1. The Hall–Kier alpha value is -2.12. The maximum absolute atomic E-state index is 9.08. The average Bonchev–Trinajstić information content (AvgIpc) is 2.47. The zero-order valence-electron chi connectivity index (χ0n) is 11.5. The lowest BCUT2D eigenvalue weighted by molar-refractivity contribution is 0.413. The Labute approximate surface area is 123 Å². The van der Waals surface area contributed by atoms with Crippen LogP contribution in [0.5, 0.6) is 5.75 Å². The van der Waals surface area contributed by atoms with Gasteiger partial charge in [-0.1, -0.05) is 12.1 Å². The third-order valence-corrected chi connectivity index (χ3v) is 4.09. The second kappa shape index (κ2) is 6.36. The number of nitrogens with two attached hydrogens (primary N) is 1. The summed E-state index contributed by atoms with van der Waals surface area (Å²) in [6, 6.07) is 13.8. The van der Waals surface area contributed by atoms with E-state index in [1.54, 1.807) is 18.9 Å². The molecule has 0 saturated heterocycles. The number of rotatable bonds is 4. The van der Waals surface area contributed by atoms with Crippen molar-refractivity contribution in [3.63, 3.8) is 0 Å². The molecule has 3 nitrogen and oxygen atoms in total. The fourth-order valence-electron chi connectivity index (χ4n) is 1.86. The topological polar surface area (TPSA) is 59.0 Å². The number of nitrogens with zero attached hydrogens (tertiary/aromatic N) is 1. The first-order valence-corrected chi connectivity index (χ1v) is 7.18. The maximum atomic E-state index is 9.08. The third kappa shape index (κ3) is 3.25. The first-order chi connectivity index (χ1) is 9.63. The molecule has 2 N–H and O–H groups in total. The van der Waals surface area contributed by atoms with Gasteiger partial charge in [0.1, 0.15) is 11.8 Å². The van der Waals surface area contributed by atoms with Crippen LogP contribution in [0.25, 0.3) is 0 Å². The van der Waals surface area contributed by atoms with E-state index in [0.717, 1.165) is 21.9 Å². The summed E-state index contributed by atoms with van der Waals surface area (Å²) in [4.78, 5) is 1.07.